The fourth-order valence-corrected chi connectivity index (χ4v) is 1.68. The lowest BCUT2D eigenvalue weighted by Gasteiger charge is -2.07. The van der Waals surface area contributed by atoms with Gasteiger partial charge in [-0.15, -0.1) is 0 Å². The summed E-state index contributed by atoms with van der Waals surface area (Å²) in [7, 11) is 0. The summed E-state index contributed by atoms with van der Waals surface area (Å²) >= 11 is 1.83. The molecule has 1 unspecified atom stereocenters. The first kappa shape index (κ1) is 11.1. The number of imidazole rings is 1. The molecule has 0 aliphatic rings. The number of fused-ring (bicyclic) bond motifs is 1. The summed E-state index contributed by atoms with van der Waals surface area (Å²) in [6, 6.07) is 5.67. The zero-order valence-corrected chi connectivity index (χ0v) is 10.3. The molecular formula is C11H16N4S. The summed E-state index contributed by atoms with van der Waals surface area (Å²) in [5.74, 6) is 0.807. The Balaban J connectivity index is 2.13. The topological polar surface area (TPSA) is 66.7 Å². The van der Waals surface area contributed by atoms with E-state index in [0.717, 1.165) is 29.2 Å². The van der Waals surface area contributed by atoms with Gasteiger partial charge in [0.2, 0.25) is 5.95 Å². The highest BCUT2D eigenvalue weighted by atomic mass is 32.2. The van der Waals surface area contributed by atoms with Crippen LogP contribution in [0.25, 0.3) is 11.0 Å². The van der Waals surface area contributed by atoms with Gasteiger partial charge >= 0.3 is 0 Å². The molecule has 2 aromatic rings. The maximum Gasteiger partial charge on any atom is 0.201 e. The Kier molecular flexibility index (Phi) is 3.24. The van der Waals surface area contributed by atoms with E-state index in [1.807, 2.05) is 30.0 Å². The summed E-state index contributed by atoms with van der Waals surface area (Å²) < 4.78 is 0. The molecule has 1 atom stereocenters. The van der Waals surface area contributed by atoms with Gasteiger partial charge in [0.15, 0.2) is 0 Å². The minimum absolute atomic E-state index is 0.568. The molecule has 86 valence electrons. The lowest BCUT2D eigenvalue weighted by atomic mass is 10.3. The van der Waals surface area contributed by atoms with Crippen molar-refractivity contribution in [1.29, 1.82) is 0 Å². The van der Waals surface area contributed by atoms with E-state index in [0.29, 0.717) is 5.25 Å². The zero-order valence-electron chi connectivity index (χ0n) is 9.45. The van der Waals surface area contributed by atoms with E-state index in [1.54, 1.807) is 0 Å². The second kappa shape index (κ2) is 4.65. The van der Waals surface area contributed by atoms with Crippen molar-refractivity contribution in [3.8, 4) is 0 Å². The summed E-state index contributed by atoms with van der Waals surface area (Å²) in [5.41, 5.74) is 8.37. The molecule has 4 nitrogen and oxygen atoms in total. The molecule has 1 heterocycles. The number of nitrogen functional groups attached to an aromatic ring is 1. The van der Waals surface area contributed by atoms with E-state index in [1.165, 1.54) is 0 Å². The summed E-state index contributed by atoms with van der Waals surface area (Å²) in [4.78, 5) is 7.63. The molecule has 1 aromatic heterocycles. The van der Waals surface area contributed by atoms with E-state index in [4.69, 9.17) is 5.73 Å². The lowest BCUT2D eigenvalue weighted by Crippen LogP contribution is -2.13. The fraction of sp³-hybridized carbons (Fsp3) is 0.364. The molecular weight excluding hydrogens is 220 g/mol. The molecule has 0 radical (unpaired) electrons. The van der Waals surface area contributed by atoms with E-state index in [-0.39, 0.29) is 0 Å². The van der Waals surface area contributed by atoms with Crippen LogP contribution in [-0.4, -0.2) is 28.0 Å². The van der Waals surface area contributed by atoms with Crippen LogP contribution < -0.4 is 11.1 Å². The third kappa shape index (κ3) is 2.41. The number of aromatic amines is 1. The van der Waals surface area contributed by atoms with Crippen LogP contribution in [0.2, 0.25) is 0 Å². The molecule has 0 bridgehead atoms. The molecule has 0 aliphatic heterocycles. The molecule has 0 saturated carbocycles. The number of aromatic nitrogens is 2. The Bertz CT molecular complexity index is 480. The van der Waals surface area contributed by atoms with Crippen LogP contribution in [-0.2, 0) is 0 Å². The summed E-state index contributed by atoms with van der Waals surface area (Å²) in [5, 5.41) is 3.84. The van der Waals surface area contributed by atoms with Crippen molar-refractivity contribution in [3.63, 3.8) is 0 Å². The van der Waals surface area contributed by atoms with Gasteiger partial charge in [0.25, 0.3) is 0 Å². The van der Waals surface area contributed by atoms with Gasteiger partial charge < -0.3 is 16.0 Å². The number of nitrogens with two attached hydrogens (primary N) is 1. The average molecular weight is 236 g/mol. The second-order valence-electron chi connectivity index (χ2n) is 3.79. The predicted octanol–water partition coefficient (Wildman–Crippen LogP) is 2.31. The monoisotopic (exact) mass is 236 g/mol. The standard InChI is InChI=1S/C11H16N4S/c1-7(16-2)6-13-11-14-9-4-3-8(12)5-10(9)15-11/h3-5,7H,6,12H2,1-2H3,(H2,13,14,15). The first-order valence-electron chi connectivity index (χ1n) is 5.21. The average Bonchev–Trinajstić information content (AvgIpc) is 2.67. The maximum absolute atomic E-state index is 5.71. The highest BCUT2D eigenvalue weighted by Gasteiger charge is 2.04. The van der Waals surface area contributed by atoms with Crippen molar-refractivity contribution in [3.05, 3.63) is 18.2 Å². The van der Waals surface area contributed by atoms with Crippen LogP contribution in [0.4, 0.5) is 11.6 Å². The van der Waals surface area contributed by atoms with Crippen LogP contribution in [0.3, 0.4) is 0 Å². The number of benzene rings is 1. The summed E-state index contributed by atoms with van der Waals surface area (Å²) in [6.07, 6.45) is 2.10. The molecule has 0 aliphatic carbocycles. The number of anilines is 2. The summed E-state index contributed by atoms with van der Waals surface area (Å²) in [6.45, 7) is 3.08. The molecule has 0 saturated heterocycles. The minimum atomic E-state index is 0.568. The molecule has 16 heavy (non-hydrogen) atoms. The van der Waals surface area contributed by atoms with E-state index < -0.39 is 0 Å². The molecule has 2 rings (SSSR count). The van der Waals surface area contributed by atoms with Crippen LogP contribution in [0.1, 0.15) is 6.92 Å². The highest BCUT2D eigenvalue weighted by Crippen LogP contribution is 2.17. The number of rotatable bonds is 4. The Labute approximate surface area is 99.0 Å². The maximum atomic E-state index is 5.71. The van der Waals surface area contributed by atoms with E-state index >= 15 is 0 Å². The molecule has 0 amide bonds. The number of thioether (sulfide) groups is 1. The first-order chi connectivity index (χ1) is 7.69. The number of hydrogen-bond acceptors (Lipinski definition) is 4. The quantitative estimate of drug-likeness (QED) is 0.713. The highest BCUT2D eigenvalue weighted by molar-refractivity contribution is 7.99. The largest absolute Gasteiger partial charge is 0.399 e. The van der Waals surface area contributed by atoms with Crippen LogP contribution in [0.15, 0.2) is 18.2 Å². The number of nitrogens with zero attached hydrogens (tertiary/aromatic N) is 1. The number of nitrogens with one attached hydrogen (secondary N) is 2. The van der Waals surface area contributed by atoms with Crippen molar-refractivity contribution in [2.45, 2.75) is 12.2 Å². The van der Waals surface area contributed by atoms with Gasteiger partial charge in [0.1, 0.15) is 0 Å². The third-order valence-corrected chi connectivity index (χ3v) is 3.44. The van der Waals surface area contributed by atoms with Gasteiger partial charge in [-0.3, -0.25) is 0 Å². The van der Waals surface area contributed by atoms with Gasteiger partial charge in [-0.2, -0.15) is 11.8 Å². The van der Waals surface area contributed by atoms with Gasteiger partial charge in [-0.05, 0) is 24.5 Å². The van der Waals surface area contributed by atoms with Crippen molar-refractivity contribution in [2.24, 2.45) is 0 Å². The fourth-order valence-electron chi connectivity index (χ4n) is 1.43. The number of H-pyrrole nitrogens is 1. The Morgan fingerprint density at radius 2 is 2.38 bits per heavy atom. The Morgan fingerprint density at radius 3 is 3.12 bits per heavy atom. The van der Waals surface area contributed by atoms with E-state index in [9.17, 15) is 0 Å². The van der Waals surface area contributed by atoms with Gasteiger partial charge in [-0.1, -0.05) is 6.92 Å². The Morgan fingerprint density at radius 1 is 1.56 bits per heavy atom. The van der Waals surface area contributed by atoms with Crippen LogP contribution in [0.5, 0.6) is 0 Å². The smallest absolute Gasteiger partial charge is 0.201 e. The normalized spacial score (nSPS) is 12.9. The van der Waals surface area contributed by atoms with Crippen molar-refractivity contribution in [1.82, 2.24) is 9.97 Å². The third-order valence-electron chi connectivity index (χ3n) is 2.47. The minimum Gasteiger partial charge on any atom is -0.399 e. The first-order valence-corrected chi connectivity index (χ1v) is 6.49. The van der Waals surface area contributed by atoms with Gasteiger partial charge in [0.05, 0.1) is 11.0 Å². The van der Waals surface area contributed by atoms with Gasteiger partial charge in [-0.25, -0.2) is 4.98 Å². The zero-order chi connectivity index (χ0) is 11.5. The predicted molar refractivity (Wildman–Crippen MR) is 72.0 cm³/mol. The van der Waals surface area contributed by atoms with Crippen LogP contribution in [0, 0.1) is 0 Å². The van der Waals surface area contributed by atoms with Crippen molar-refractivity contribution in [2.75, 3.05) is 23.9 Å². The molecule has 1 aromatic carbocycles. The van der Waals surface area contributed by atoms with Crippen molar-refractivity contribution >= 4 is 34.4 Å². The SMILES string of the molecule is CSC(C)CNc1nc2ccc(N)cc2[nH]1. The van der Waals surface area contributed by atoms with Crippen molar-refractivity contribution < 1.29 is 0 Å². The number of hydrogen-bond donors (Lipinski definition) is 3. The molecule has 5 heteroatoms. The van der Waals surface area contributed by atoms with E-state index in [2.05, 4.69) is 28.5 Å². The molecule has 0 fully saturated rings. The molecule has 0 spiro atoms. The van der Waals surface area contributed by atoms with Gasteiger partial charge in [0, 0.05) is 17.5 Å². The Hall–Kier alpha value is -1.36. The lowest BCUT2D eigenvalue weighted by molar-refractivity contribution is 0.985. The molecule has 4 N–H and O–H groups in total. The second-order valence-corrected chi connectivity index (χ2v) is 5.07. The van der Waals surface area contributed by atoms with Crippen LogP contribution >= 0.6 is 11.8 Å².